The van der Waals surface area contributed by atoms with Gasteiger partial charge in [-0.1, -0.05) is 122 Å². The second kappa shape index (κ2) is 10.4. The molecular formula is C41H32O. The number of benzene rings is 6. The maximum absolute atomic E-state index is 6.29. The van der Waals surface area contributed by atoms with E-state index in [4.69, 9.17) is 4.42 Å². The first-order chi connectivity index (χ1) is 20.6. The molecule has 202 valence electrons. The standard InChI is InChI=1S/C41H32O/c1-5-14-28-16-13-22-32(30(28)6-2)40-35-20-11-9-18-33(35)39(34-19-10-12-21-36(34)40)26(3)25-37-27(4)42-38-24-23-29-15-7-8-17-31(29)41(37)38/h5-25H,2H2,1,3-4H3/b14-5-,26-25+. The lowest BCUT2D eigenvalue weighted by molar-refractivity contribution is 0.577. The van der Waals surface area contributed by atoms with Gasteiger partial charge in [0.05, 0.1) is 0 Å². The van der Waals surface area contributed by atoms with Crippen molar-refractivity contribution in [2.24, 2.45) is 0 Å². The van der Waals surface area contributed by atoms with Gasteiger partial charge < -0.3 is 4.42 Å². The average Bonchev–Trinajstić information content (AvgIpc) is 3.34. The van der Waals surface area contributed by atoms with Crippen molar-refractivity contribution in [3.05, 3.63) is 144 Å². The first-order valence-corrected chi connectivity index (χ1v) is 14.5. The molecule has 1 nitrogen and oxygen atoms in total. The van der Waals surface area contributed by atoms with E-state index in [0.29, 0.717) is 0 Å². The molecule has 0 spiro atoms. The van der Waals surface area contributed by atoms with Gasteiger partial charge in [0.25, 0.3) is 0 Å². The van der Waals surface area contributed by atoms with E-state index >= 15 is 0 Å². The summed E-state index contributed by atoms with van der Waals surface area (Å²) in [5.41, 5.74) is 9.30. The van der Waals surface area contributed by atoms with Gasteiger partial charge in [0, 0.05) is 10.9 Å². The zero-order valence-electron chi connectivity index (χ0n) is 24.2. The minimum absolute atomic E-state index is 0.924. The normalized spacial score (nSPS) is 12.3. The monoisotopic (exact) mass is 540 g/mol. The van der Waals surface area contributed by atoms with Gasteiger partial charge >= 0.3 is 0 Å². The number of allylic oxidation sites excluding steroid dienone is 2. The van der Waals surface area contributed by atoms with E-state index in [-0.39, 0.29) is 0 Å². The van der Waals surface area contributed by atoms with Gasteiger partial charge in [0.15, 0.2) is 0 Å². The summed E-state index contributed by atoms with van der Waals surface area (Å²) in [6.07, 6.45) is 8.56. The summed E-state index contributed by atoms with van der Waals surface area (Å²) in [5, 5.41) is 8.55. The van der Waals surface area contributed by atoms with E-state index in [1.54, 1.807) is 0 Å². The third-order valence-corrected chi connectivity index (χ3v) is 8.45. The SMILES string of the molecule is C=Cc1c(/C=C\C)cccc1-c1c2ccccc2c(/C(C)=C/c2c(C)oc3ccc4ccccc4c23)c2ccccc12. The summed E-state index contributed by atoms with van der Waals surface area (Å²) < 4.78 is 6.29. The Morgan fingerprint density at radius 3 is 2.00 bits per heavy atom. The summed E-state index contributed by atoms with van der Waals surface area (Å²) >= 11 is 0. The molecule has 1 heterocycles. The second-order valence-electron chi connectivity index (χ2n) is 10.9. The first kappa shape index (κ1) is 25.8. The summed E-state index contributed by atoms with van der Waals surface area (Å²) in [5.74, 6) is 0.933. The Morgan fingerprint density at radius 2 is 1.33 bits per heavy atom. The molecule has 0 amide bonds. The van der Waals surface area contributed by atoms with Crippen LogP contribution in [0.25, 0.3) is 78.2 Å². The number of rotatable bonds is 5. The third kappa shape index (κ3) is 4.01. The minimum Gasteiger partial charge on any atom is -0.461 e. The summed E-state index contributed by atoms with van der Waals surface area (Å²) in [6.45, 7) is 10.6. The Kier molecular flexibility index (Phi) is 6.36. The van der Waals surface area contributed by atoms with Gasteiger partial charge in [-0.05, 0) is 98.6 Å². The molecule has 0 saturated heterocycles. The number of hydrogen-bond donors (Lipinski definition) is 0. The van der Waals surface area contributed by atoms with Gasteiger partial charge in [0.2, 0.25) is 0 Å². The van der Waals surface area contributed by atoms with Crippen LogP contribution in [-0.2, 0) is 0 Å². The Morgan fingerprint density at radius 1 is 0.690 bits per heavy atom. The van der Waals surface area contributed by atoms with Crippen LogP contribution in [-0.4, -0.2) is 0 Å². The van der Waals surface area contributed by atoms with Crippen LogP contribution in [0.5, 0.6) is 0 Å². The molecule has 6 aromatic carbocycles. The molecule has 1 aromatic heterocycles. The molecule has 7 aromatic rings. The van der Waals surface area contributed by atoms with Crippen molar-refractivity contribution in [2.75, 3.05) is 0 Å². The predicted octanol–water partition coefficient (Wildman–Crippen LogP) is 12.1. The van der Waals surface area contributed by atoms with Crippen LogP contribution in [0.1, 0.15) is 41.9 Å². The Labute approximate surface area is 246 Å². The van der Waals surface area contributed by atoms with E-state index in [1.165, 1.54) is 65.5 Å². The average molecular weight is 541 g/mol. The number of furan rings is 1. The van der Waals surface area contributed by atoms with Gasteiger partial charge in [0.1, 0.15) is 11.3 Å². The Bertz CT molecular complexity index is 2180. The zero-order valence-corrected chi connectivity index (χ0v) is 24.2. The van der Waals surface area contributed by atoms with Crippen molar-refractivity contribution in [3.63, 3.8) is 0 Å². The van der Waals surface area contributed by atoms with E-state index < -0.39 is 0 Å². The smallest absolute Gasteiger partial charge is 0.135 e. The Hall–Kier alpha value is -5.14. The van der Waals surface area contributed by atoms with Gasteiger partial charge in [-0.2, -0.15) is 0 Å². The lowest BCUT2D eigenvalue weighted by atomic mass is 9.83. The zero-order chi connectivity index (χ0) is 28.8. The maximum atomic E-state index is 6.29. The molecule has 0 atom stereocenters. The topological polar surface area (TPSA) is 13.1 Å². The van der Waals surface area contributed by atoms with Gasteiger partial charge in [-0.25, -0.2) is 0 Å². The van der Waals surface area contributed by atoms with Crippen LogP contribution in [0, 0.1) is 6.92 Å². The van der Waals surface area contributed by atoms with Crippen LogP contribution in [0.4, 0.5) is 0 Å². The molecule has 0 fully saturated rings. The Balaban J connectivity index is 1.56. The second-order valence-corrected chi connectivity index (χ2v) is 10.9. The number of aryl methyl sites for hydroxylation is 1. The highest BCUT2D eigenvalue weighted by atomic mass is 16.3. The fourth-order valence-corrected chi connectivity index (χ4v) is 6.67. The van der Waals surface area contributed by atoms with Gasteiger partial charge in [-0.15, -0.1) is 0 Å². The van der Waals surface area contributed by atoms with E-state index in [0.717, 1.165) is 22.5 Å². The fraction of sp³-hybridized carbons (Fsp3) is 0.0732. The van der Waals surface area contributed by atoms with Crippen LogP contribution >= 0.6 is 0 Å². The van der Waals surface area contributed by atoms with Crippen molar-refractivity contribution < 1.29 is 4.42 Å². The lowest BCUT2D eigenvalue weighted by Gasteiger charge is -2.20. The molecule has 0 aliphatic rings. The van der Waals surface area contributed by atoms with Crippen LogP contribution in [0.15, 0.2) is 120 Å². The number of fused-ring (bicyclic) bond motifs is 5. The molecular weight excluding hydrogens is 508 g/mol. The molecule has 0 aliphatic heterocycles. The summed E-state index contributed by atoms with van der Waals surface area (Å²) in [4.78, 5) is 0. The highest BCUT2D eigenvalue weighted by Gasteiger charge is 2.19. The van der Waals surface area contributed by atoms with Gasteiger partial charge in [-0.3, -0.25) is 0 Å². The molecule has 0 saturated carbocycles. The van der Waals surface area contributed by atoms with E-state index in [2.05, 4.69) is 149 Å². The fourth-order valence-electron chi connectivity index (χ4n) is 6.67. The lowest BCUT2D eigenvalue weighted by Crippen LogP contribution is -1.95. The highest BCUT2D eigenvalue weighted by Crippen LogP contribution is 2.44. The van der Waals surface area contributed by atoms with Crippen LogP contribution in [0.2, 0.25) is 0 Å². The maximum Gasteiger partial charge on any atom is 0.135 e. The minimum atomic E-state index is 0.924. The third-order valence-electron chi connectivity index (χ3n) is 8.45. The van der Waals surface area contributed by atoms with Crippen molar-refractivity contribution >= 4 is 67.1 Å². The molecule has 1 heteroatoms. The summed E-state index contributed by atoms with van der Waals surface area (Å²) in [7, 11) is 0. The van der Waals surface area contributed by atoms with E-state index in [9.17, 15) is 0 Å². The molecule has 7 rings (SSSR count). The van der Waals surface area contributed by atoms with Crippen LogP contribution in [0.3, 0.4) is 0 Å². The molecule has 0 aliphatic carbocycles. The van der Waals surface area contributed by atoms with Crippen molar-refractivity contribution in [2.45, 2.75) is 20.8 Å². The number of hydrogen-bond acceptors (Lipinski definition) is 1. The largest absolute Gasteiger partial charge is 0.461 e. The summed E-state index contributed by atoms with van der Waals surface area (Å²) in [6, 6.07) is 37.0. The van der Waals surface area contributed by atoms with Crippen molar-refractivity contribution in [3.8, 4) is 11.1 Å². The molecule has 0 unspecified atom stereocenters. The van der Waals surface area contributed by atoms with Crippen LogP contribution < -0.4 is 0 Å². The first-order valence-electron chi connectivity index (χ1n) is 14.5. The van der Waals surface area contributed by atoms with Crippen molar-refractivity contribution in [1.29, 1.82) is 0 Å². The molecule has 0 radical (unpaired) electrons. The molecule has 42 heavy (non-hydrogen) atoms. The molecule has 0 N–H and O–H groups in total. The predicted molar refractivity (Wildman–Crippen MR) is 184 cm³/mol. The van der Waals surface area contributed by atoms with E-state index in [1.807, 2.05) is 6.08 Å². The van der Waals surface area contributed by atoms with Crippen molar-refractivity contribution in [1.82, 2.24) is 0 Å². The quantitative estimate of drug-likeness (QED) is 0.198. The highest BCUT2D eigenvalue weighted by molar-refractivity contribution is 6.21. The molecule has 0 bridgehead atoms.